The van der Waals surface area contributed by atoms with E-state index in [-0.39, 0.29) is 11.8 Å². The zero-order chi connectivity index (χ0) is 16.9. The first-order valence-corrected chi connectivity index (χ1v) is 10.6. The maximum Gasteiger partial charge on any atom is 0.226 e. The average molecular weight is 352 g/mol. The van der Waals surface area contributed by atoms with Gasteiger partial charge in [-0.3, -0.25) is 9.48 Å². The van der Waals surface area contributed by atoms with Gasteiger partial charge in [0.15, 0.2) is 0 Å². The van der Waals surface area contributed by atoms with Crippen molar-refractivity contribution in [2.24, 2.45) is 5.92 Å². The molecule has 8 heteroatoms. The van der Waals surface area contributed by atoms with Gasteiger partial charge in [-0.25, -0.2) is 12.7 Å². The van der Waals surface area contributed by atoms with Crippen LogP contribution in [-0.4, -0.2) is 59.2 Å². The Hall–Kier alpha value is -1.41. The highest BCUT2D eigenvalue weighted by molar-refractivity contribution is 7.88. The molecular weight excluding hydrogens is 328 g/mol. The van der Waals surface area contributed by atoms with Crippen molar-refractivity contribution in [1.82, 2.24) is 19.0 Å². The standard InChI is InChI=1S/C16H24N4O3S/c1-24(22,23)19-7-5-12(6-8-19)16(21)18-9-10-20-15(11-18)13-3-2-4-14(13)17-20/h12H,2-11H2,1H3. The van der Waals surface area contributed by atoms with E-state index in [2.05, 4.69) is 9.78 Å². The van der Waals surface area contributed by atoms with E-state index in [0.29, 0.717) is 39.0 Å². The monoisotopic (exact) mass is 352 g/mol. The van der Waals surface area contributed by atoms with E-state index in [4.69, 9.17) is 0 Å². The second kappa shape index (κ2) is 5.84. The topological polar surface area (TPSA) is 75.5 Å². The molecule has 0 bridgehead atoms. The Morgan fingerprint density at radius 2 is 1.88 bits per heavy atom. The highest BCUT2D eigenvalue weighted by Gasteiger charge is 2.34. The molecule has 3 heterocycles. The molecule has 7 nitrogen and oxygen atoms in total. The van der Waals surface area contributed by atoms with E-state index in [9.17, 15) is 13.2 Å². The SMILES string of the molecule is CS(=O)(=O)N1CCC(C(=O)N2CCn3nc4c(c3C2)CCC4)CC1. The molecule has 3 aliphatic rings. The number of piperidine rings is 1. The molecule has 1 amide bonds. The third-order valence-electron chi connectivity index (χ3n) is 5.60. The van der Waals surface area contributed by atoms with Crippen molar-refractivity contribution in [1.29, 1.82) is 0 Å². The van der Waals surface area contributed by atoms with Crippen LogP contribution in [0.25, 0.3) is 0 Å². The number of carbonyl (C=O) groups is 1. The molecule has 1 aromatic rings. The Kier molecular flexibility index (Phi) is 3.91. The normalized spacial score (nSPS) is 22.5. The molecule has 1 aromatic heterocycles. The van der Waals surface area contributed by atoms with Crippen LogP contribution in [0.1, 0.15) is 36.2 Å². The van der Waals surface area contributed by atoms with Crippen molar-refractivity contribution >= 4 is 15.9 Å². The third-order valence-corrected chi connectivity index (χ3v) is 6.90. The smallest absolute Gasteiger partial charge is 0.226 e. The minimum absolute atomic E-state index is 0.0504. The van der Waals surface area contributed by atoms with Crippen LogP contribution >= 0.6 is 0 Å². The van der Waals surface area contributed by atoms with E-state index in [0.717, 1.165) is 19.4 Å². The van der Waals surface area contributed by atoms with Crippen LogP contribution in [0.2, 0.25) is 0 Å². The van der Waals surface area contributed by atoms with E-state index >= 15 is 0 Å². The zero-order valence-corrected chi connectivity index (χ0v) is 14.9. The molecule has 0 spiro atoms. The van der Waals surface area contributed by atoms with Crippen molar-refractivity contribution in [2.75, 3.05) is 25.9 Å². The summed E-state index contributed by atoms with van der Waals surface area (Å²) in [4.78, 5) is 14.8. The number of rotatable bonds is 2. The summed E-state index contributed by atoms with van der Waals surface area (Å²) in [7, 11) is -3.14. The molecule has 1 fully saturated rings. The van der Waals surface area contributed by atoms with Gasteiger partial charge >= 0.3 is 0 Å². The van der Waals surface area contributed by atoms with Gasteiger partial charge in [0, 0.05) is 25.6 Å². The van der Waals surface area contributed by atoms with Crippen molar-refractivity contribution in [2.45, 2.75) is 45.2 Å². The van der Waals surface area contributed by atoms with Crippen molar-refractivity contribution in [3.63, 3.8) is 0 Å². The Labute approximate surface area is 142 Å². The lowest BCUT2D eigenvalue weighted by Gasteiger charge is -2.35. The Balaban J connectivity index is 1.43. The molecule has 0 unspecified atom stereocenters. The van der Waals surface area contributed by atoms with Crippen molar-refractivity contribution < 1.29 is 13.2 Å². The lowest BCUT2D eigenvalue weighted by Crippen LogP contribution is -2.46. The van der Waals surface area contributed by atoms with E-state index in [1.807, 2.05) is 4.90 Å². The fraction of sp³-hybridized carbons (Fsp3) is 0.750. The van der Waals surface area contributed by atoms with Gasteiger partial charge in [-0.1, -0.05) is 0 Å². The lowest BCUT2D eigenvalue weighted by molar-refractivity contribution is -0.138. The molecule has 1 saturated heterocycles. The predicted molar refractivity (Wildman–Crippen MR) is 88.8 cm³/mol. The molecule has 0 atom stereocenters. The van der Waals surface area contributed by atoms with Gasteiger partial charge in [0.1, 0.15) is 0 Å². The summed E-state index contributed by atoms with van der Waals surface area (Å²) in [6.07, 6.45) is 5.80. The Morgan fingerprint density at radius 3 is 2.58 bits per heavy atom. The third kappa shape index (κ3) is 2.75. The van der Waals surface area contributed by atoms with Crippen LogP contribution in [-0.2, 0) is 40.7 Å². The summed E-state index contributed by atoms with van der Waals surface area (Å²) in [5.74, 6) is 0.132. The number of hydrogen-bond donors (Lipinski definition) is 0. The van der Waals surface area contributed by atoms with Crippen LogP contribution in [0.5, 0.6) is 0 Å². The summed E-state index contributed by atoms with van der Waals surface area (Å²) in [6, 6.07) is 0. The molecule has 0 radical (unpaired) electrons. The van der Waals surface area contributed by atoms with E-state index in [1.54, 1.807) is 0 Å². The van der Waals surface area contributed by atoms with Gasteiger partial charge in [0.05, 0.1) is 30.7 Å². The summed E-state index contributed by atoms with van der Waals surface area (Å²) in [5, 5.41) is 4.68. The molecule has 132 valence electrons. The highest BCUT2D eigenvalue weighted by atomic mass is 32.2. The van der Waals surface area contributed by atoms with Gasteiger partial charge < -0.3 is 4.90 Å². The van der Waals surface area contributed by atoms with Gasteiger partial charge in [-0.05, 0) is 37.7 Å². The number of aryl methyl sites for hydroxylation is 1. The van der Waals surface area contributed by atoms with Crippen LogP contribution in [0, 0.1) is 5.92 Å². The molecule has 1 aliphatic carbocycles. The zero-order valence-electron chi connectivity index (χ0n) is 14.1. The molecule has 4 rings (SSSR count). The number of carbonyl (C=O) groups excluding carboxylic acids is 1. The fourth-order valence-corrected chi connectivity index (χ4v) is 5.10. The second-order valence-corrected chi connectivity index (χ2v) is 9.13. The van der Waals surface area contributed by atoms with E-state index in [1.165, 1.54) is 33.9 Å². The number of sulfonamides is 1. The first kappa shape index (κ1) is 16.1. The summed E-state index contributed by atoms with van der Waals surface area (Å²) >= 11 is 0. The van der Waals surface area contributed by atoms with Gasteiger partial charge in [-0.15, -0.1) is 0 Å². The quantitative estimate of drug-likeness (QED) is 0.771. The Bertz CT molecular complexity index is 763. The number of amides is 1. The fourth-order valence-electron chi connectivity index (χ4n) is 4.23. The molecule has 0 N–H and O–H groups in total. The van der Waals surface area contributed by atoms with Crippen molar-refractivity contribution in [3.05, 3.63) is 17.0 Å². The number of fused-ring (bicyclic) bond motifs is 3. The molecule has 24 heavy (non-hydrogen) atoms. The summed E-state index contributed by atoms with van der Waals surface area (Å²) in [6.45, 7) is 3.05. The lowest BCUT2D eigenvalue weighted by atomic mass is 9.96. The minimum atomic E-state index is -3.14. The minimum Gasteiger partial charge on any atom is -0.335 e. The van der Waals surface area contributed by atoms with Crippen molar-refractivity contribution in [3.8, 4) is 0 Å². The van der Waals surface area contributed by atoms with Crippen LogP contribution in [0.4, 0.5) is 0 Å². The summed E-state index contributed by atoms with van der Waals surface area (Å²) in [5.41, 5.74) is 3.80. The number of nitrogens with zero attached hydrogens (tertiary/aromatic N) is 4. The number of aromatic nitrogens is 2. The predicted octanol–water partition coefficient (Wildman–Crippen LogP) is 0.386. The highest BCUT2D eigenvalue weighted by Crippen LogP contribution is 2.29. The molecule has 0 saturated carbocycles. The summed E-state index contributed by atoms with van der Waals surface area (Å²) < 4.78 is 26.8. The molecular formula is C16H24N4O3S. The first-order valence-electron chi connectivity index (χ1n) is 8.75. The maximum atomic E-state index is 12.9. The van der Waals surface area contributed by atoms with E-state index < -0.39 is 10.0 Å². The largest absolute Gasteiger partial charge is 0.335 e. The van der Waals surface area contributed by atoms with Crippen LogP contribution in [0.3, 0.4) is 0 Å². The second-order valence-electron chi connectivity index (χ2n) is 7.14. The van der Waals surface area contributed by atoms with Gasteiger partial charge in [0.25, 0.3) is 0 Å². The van der Waals surface area contributed by atoms with Crippen LogP contribution < -0.4 is 0 Å². The van der Waals surface area contributed by atoms with Crippen LogP contribution in [0.15, 0.2) is 0 Å². The number of hydrogen-bond acceptors (Lipinski definition) is 4. The molecule has 2 aliphatic heterocycles. The maximum absolute atomic E-state index is 12.9. The Morgan fingerprint density at radius 1 is 1.12 bits per heavy atom. The molecule has 0 aromatic carbocycles. The van der Waals surface area contributed by atoms with Gasteiger partial charge in [-0.2, -0.15) is 5.10 Å². The van der Waals surface area contributed by atoms with Gasteiger partial charge in [0.2, 0.25) is 15.9 Å². The average Bonchev–Trinajstić information content (AvgIpc) is 3.14. The first-order chi connectivity index (χ1) is 11.4.